The lowest BCUT2D eigenvalue weighted by Crippen LogP contribution is -2.59. The van der Waals surface area contributed by atoms with Crippen molar-refractivity contribution in [2.75, 3.05) is 13.2 Å². The highest BCUT2D eigenvalue weighted by molar-refractivity contribution is 5.94. The number of nitrogens with one attached hydrogen (secondary N) is 3. The summed E-state index contributed by atoms with van der Waals surface area (Å²) < 4.78 is 0. The van der Waals surface area contributed by atoms with Crippen molar-refractivity contribution < 1.29 is 29.4 Å². The van der Waals surface area contributed by atoms with Crippen LogP contribution in [-0.2, 0) is 25.6 Å². The lowest BCUT2D eigenvalue weighted by Gasteiger charge is -2.25. The maximum Gasteiger partial charge on any atom is 0.326 e. The van der Waals surface area contributed by atoms with Crippen LogP contribution in [0.25, 0.3) is 0 Å². The van der Waals surface area contributed by atoms with Crippen molar-refractivity contribution in [3.8, 4) is 0 Å². The summed E-state index contributed by atoms with van der Waals surface area (Å²) in [5, 5.41) is 26.4. The minimum Gasteiger partial charge on any atom is -0.480 e. The zero-order chi connectivity index (χ0) is 27.3. The van der Waals surface area contributed by atoms with Crippen molar-refractivity contribution in [3.05, 3.63) is 35.9 Å². The van der Waals surface area contributed by atoms with Gasteiger partial charge in [0.2, 0.25) is 17.7 Å². The minimum atomic E-state index is -1.38. The van der Waals surface area contributed by atoms with Crippen LogP contribution < -0.4 is 33.2 Å². The minimum absolute atomic E-state index is 0.0548. The van der Waals surface area contributed by atoms with E-state index in [1.807, 2.05) is 0 Å². The number of hydrogen-bond donors (Lipinski definition) is 8. The number of carboxylic acids is 1. The van der Waals surface area contributed by atoms with Crippen molar-refractivity contribution in [2.45, 2.75) is 57.3 Å². The Bertz CT molecular complexity index is 905. The second-order valence-corrected chi connectivity index (χ2v) is 8.62. The number of carbonyl (C=O) groups is 4. The fraction of sp³-hybridized carbons (Fsp3) is 0.522. The molecule has 11 N–H and O–H groups in total. The van der Waals surface area contributed by atoms with Gasteiger partial charge in [-0.3, -0.25) is 19.4 Å². The van der Waals surface area contributed by atoms with Crippen LogP contribution in [0.3, 0.4) is 0 Å². The summed E-state index contributed by atoms with van der Waals surface area (Å²) in [5.41, 5.74) is 17.0. The topological polar surface area (TPSA) is 235 Å². The van der Waals surface area contributed by atoms with Gasteiger partial charge in [-0.1, -0.05) is 44.2 Å². The van der Waals surface area contributed by atoms with Crippen LogP contribution in [0.1, 0.15) is 32.3 Å². The van der Waals surface area contributed by atoms with Crippen molar-refractivity contribution in [3.63, 3.8) is 0 Å². The summed E-state index contributed by atoms with van der Waals surface area (Å²) in [6, 6.07) is 4.09. The van der Waals surface area contributed by atoms with E-state index in [2.05, 4.69) is 20.9 Å². The van der Waals surface area contributed by atoms with Gasteiger partial charge < -0.3 is 43.4 Å². The Kier molecular flexibility index (Phi) is 12.9. The van der Waals surface area contributed by atoms with Gasteiger partial charge in [0.15, 0.2) is 5.96 Å². The maximum absolute atomic E-state index is 13.0. The van der Waals surface area contributed by atoms with Crippen LogP contribution in [0.2, 0.25) is 0 Å². The van der Waals surface area contributed by atoms with Gasteiger partial charge >= 0.3 is 5.97 Å². The van der Waals surface area contributed by atoms with Crippen LogP contribution >= 0.6 is 0 Å². The highest BCUT2D eigenvalue weighted by Gasteiger charge is 2.31. The van der Waals surface area contributed by atoms with Gasteiger partial charge in [0.25, 0.3) is 0 Å². The lowest BCUT2D eigenvalue weighted by molar-refractivity contribution is -0.143. The molecule has 0 saturated heterocycles. The molecule has 1 rings (SSSR count). The molecule has 13 nitrogen and oxygen atoms in total. The van der Waals surface area contributed by atoms with Crippen LogP contribution in [0.4, 0.5) is 0 Å². The number of amides is 3. The van der Waals surface area contributed by atoms with Gasteiger partial charge in [-0.2, -0.15) is 0 Å². The van der Waals surface area contributed by atoms with E-state index in [-0.39, 0.29) is 25.3 Å². The summed E-state index contributed by atoms with van der Waals surface area (Å²) in [7, 11) is 0. The second-order valence-electron chi connectivity index (χ2n) is 8.62. The number of aliphatic hydroxyl groups excluding tert-OH is 1. The summed E-state index contributed by atoms with van der Waals surface area (Å²) in [6.45, 7) is 2.81. The predicted octanol–water partition coefficient (Wildman–Crippen LogP) is -2.20. The van der Waals surface area contributed by atoms with Gasteiger partial charge in [0, 0.05) is 13.0 Å². The van der Waals surface area contributed by atoms with Crippen molar-refractivity contribution in [2.24, 2.45) is 28.1 Å². The second kappa shape index (κ2) is 15.3. The zero-order valence-electron chi connectivity index (χ0n) is 20.5. The normalized spacial score (nSPS) is 14.1. The zero-order valence-corrected chi connectivity index (χ0v) is 20.5. The molecule has 4 unspecified atom stereocenters. The van der Waals surface area contributed by atoms with Crippen molar-refractivity contribution in [1.82, 2.24) is 16.0 Å². The highest BCUT2D eigenvalue weighted by atomic mass is 16.4. The third kappa shape index (κ3) is 10.7. The molecule has 36 heavy (non-hydrogen) atoms. The van der Waals surface area contributed by atoms with Crippen molar-refractivity contribution in [1.29, 1.82) is 0 Å². The first kappa shape index (κ1) is 30.3. The number of carboxylic acid groups (broad SMARTS) is 1. The van der Waals surface area contributed by atoms with Gasteiger partial charge in [-0.15, -0.1) is 0 Å². The molecule has 0 fully saturated rings. The van der Waals surface area contributed by atoms with E-state index < -0.39 is 60.4 Å². The third-order valence-electron chi connectivity index (χ3n) is 5.27. The molecule has 0 aromatic heterocycles. The molecule has 200 valence electrons. The van der Waals surface area contributed by atoms with E-state index in [0.717, 1.165) is 0 Å². The van der Waals surface area contributed by atoms with Crippen LogP contribution in [0.15, 0.2) is 35.3 Å². The van der Waals surface area contributed by atoms with Gasteiger partial charge in [0.05, 0.1) is 12.6 Å². The van der Waals surface area contributed by atoms with Crippen LogP contribution in [0, 0.1) is 5.92 Å². The largest absolute Gasteiger partial charge is 0.480 e. The number of benzene rings is 1. The Labute approximate surface area is 209 Å². The number of nitrogens with zero attached hydrogens (tertiary/aromatic N) is 1. The molecule has 0 bridgehead atoms. The average Bonchev–Trinajstić information content (AvgIpc) is 2.82. The fourth-order valence-electron chi connectivity index (χ4n) is 3.22. The number of carbonyl (C=O) groups excluding carboxylic acids is 3. The molecule has 1 aromatic carbocycles. The number of hydrogen-bond acceptors (Lipinski definition) is 7. The number of nitrogens with two attached hydrogens (primary N) is 3. The first-order chi connectivity index (χ1) is 17.0. The summed E-state index contributed by atoms with van der Waals surface area (Å²) in [5.74, 6) is -3.92. The van der Waals surface area contributed by atoms with Crippen molar-refractivity contribution >= 4 is 29.7 Å². The van der Waals surface area contributed by atoms with E-state index in [0.29, 0.717) is 12.0 Å². The number of guanidine groups is 1. The van der Waals surface area contributed by atoms with E-state index >= 15 is 0 Å². The van der Waals surface area contributed by atoms with Crippen LogP contribution in [0.5, 0.6) is 0 Å². The quantitative estimate of drug-likeness (QED) is 0.0729. The fourth-order valence-corrected chi connectivity index (χ4v) is 3.22. The van der Waals surface area contributed by atoms with E-state index in [9.17, 15) is 29.4 Å². The Morgan fingerprint density at radius 2 is 1.53 bits per heavy atom. The first-order valence-electron chi connectivity index (χ1n) is 11.6. The molecule has 1 aromatic rings. The van der Waals surface area contributed by atoms with Gasteiger partial charge in [-0.25, -0.2) is 4.79 Å². The average molecular weight is 508 g/mol. The standard InChI is InChI=1S/C23H37N7O6/c1-13(2)18(22(35)36)30-20(33)16(11-14-7-4-3-5-8-14)28-21(34)17(12-31)29-19(32)15(24)9-6-10-27-23(25)26/h3-5,7-8,13,15-18,31H,6,9-12,24H2,1-2H3,(H,28,34)(H,29,32)(H,30,33)(H,35,36)(H4,25,26,27). The molecule has 0 aliphatic heterocycles. The molecular formula is C23H37N7O6. The third-order valence-corrected chi connectivity index (χ3v) is 5.27. The summed E-state index contributed by atoms with van der Waals surface area (Å²) >= 11 is 0. The molecule has 4 atom stereocenters. The molecule has 13 heteroatoms. The molecular weight excluding hydrogens is 470 g/mol. The van der Waals surface area contributed by atoms with E-state index in [4.69, 9.17) is 17.2 Å². The SMILES string of the molecule is CC(C)C(NC(=O)C(Cc1ccccc1)NC(=O)C(CO)NC(=O)C(N)CCCN=C(N)N)C(=O)O. The van der Waals surface area contributed by atoms with E-state index in [1.54, 1.807) is 44.2 Å². The lowest BCUT2D eigenvalue weighted by atomic mass is 10.0. The number of aliphatic imine (C=N–C) groups is 1. The van der Waals surface area contributed by atoms with Crippen LogP contribution in [-0.4, -0.2) is 77.2 Å². The monoisotopic (exact) mass is 507 g/mol. The molecule has 0 heterocycles. The Hall–Kier alpha value is -3.71. The summed E-state index contributed by atoms with van der Waals surface area (Å²) in [4.78, 5) is 53.5. The van der Waals surface area contributed by atoms with Gasteiger partial charge in [0.1, 0.15) is 18.1 Å². The maximum atomic E-state index is 13.0. The van der Waals surface area contributed by atoms with Gasteiger partial charge in [-0.05, 0) is 24.3 Å². The Morgan fingerprint density at radius 3 is 2.06 bits per heavy atom. The predicted molar refractivity (Wildman–Crippen MR) is 133 cm³/mol. The number of aliphatic carboxylic acids is 1. The number of aliphatic hydroxyl groups is 1. The molecule has 0 aliphatic rings. The molecule has 3 amide bonds. The molecule has 0 radical (unpaired) electrons. The molecule has 0 saturated carbocycles. The highest BCUT2D eigenvalue weighted by Crippen LogP contribution is 2.07. The molecule has 0 aliphatic carbocycles. The van der Waals surface area contributed by atoms with E-state index in [1.165, 1.54) is 0 Å². The first-order valence-corrected chi connectivity index (χ1v) is 11.6. The Morgan fingerprint density at radius 1 is 0.944 bits per heavy atom. The number of rotatable bonds is 15. The Balaban J connectivity index is 2.91. The smallest absolute Gasteiger partial charge is 0.326 e. The molecule has 0 spiro atoms. The summed E-state index contributed by atoms with van der Waals surface area (Å²) in [6.07, 6.45) is 0.703.